The fourth-order valence-corrected chi connectivity index (χ4v) is 6.36. The van der Waals surface area contributed by atoms with Gasteiger partial charge in [0.05, 0.1) is 15.6 Å². The van der Waals surface area contributed by atoms with Crippen molar-refractivity contribution in [1.82, 2.24) is 9.97 Å². The predicted molar refractivity (Wildman–Crippen MR) is 212 cm³/mol. The topological polar surface area (TPSA) is 124 Å². The zero-order valence-electron chi connectivity index (χ0n) is 29.2. The molecule has 260 valence electrons. The Morgan fingerprint density at radius 1 is 0.592 bits per heavy atom. The number of fused-ring (bicyclic) bond motifs is 2. The molecule has 0 aliphatic rings. The Bertz CT molecular complexity index is 2030. The molecule has 8 nitrogen and oxygen atoms in total. The molecule has 0 unspecified atom stereocenters. The normalized spacial score (nSPS) is 10.0. The third-order valence-electron chi connectivity index (χ3n) is 7.66. The van der Waals surface area contributed by atoms with E-state index in [9.17, 15) is 19.2 Å². The lowest BCUT2D eigenvalue weighted by atomic mass is 10.0. The van der Waals surface area contributed by atoms with Crippen LogP contribution >= 0.6 is 22.7 Å². The number of amides is 2. The summed E-state index contributed by atoms with van der Waals surface area (Å²) in [6, 6.07) is 11.5. The Morgan fingerprint density at radius 3 is 1.57 bits per heavy atom. The second-order valence-corrected chi connectivity index (χ2v) is 12.6. The average Bonchev–Trinajstić information content (AvgIpc) is 3.76. The highest BCUT2D eigenvalue weighted by Gasteiger charge is 2.16. The van der Waals surface area contributed by atoms with E-state index in [0.29, 0.717) is 10.1 Å². The van der Waals surface area contributed by atoms with Crippen LogP contribution in [0.25, 0.3) is 20.4 Å². The lowest BCUT2D eigenvalue weighted by Crippen LogP contribution is -2.22. The molecular weight excluding hydrogens is 653 g/mol. The zero-order valence-corrected chi connectivity index (χ0v) is 30.9. The quantitative estimate of drug-likeness (QED) is 0.146. The van der Waals surface area contributed by atoms with Crippen LogP contribution < -0.4 is 21.5 Å². The van der Waals surface area contributed by atoms with E-state index in [1.54, 1.807) is 6.07 Å². The van der Waals surface area contributed by atoms with Gasteiger partial charge in [0.25, 0.3) is 11.8 Å². The van der Waals surface area contributed by atoms with E-state index in [1.807, 2.05) is 110 Å². The molecule has 0 radical (unpaired) electrons. The molecular formula is C39H48N4O4S2. The molecule has 49 heavy (non-hydrogen) atoms. The molecule has 0 spiro atoms. The van der Waals surface area contributed by atoms with Crippen LogP contribution in [0.2, 0.25) is 0 Å². The van der Waals surface area contributed by atoms with Gasteiger partial charge in [0.2, 0.25) is 10.9 Å². The summed E-state index contributed by atoms with van der Waals surface area (Å²) >= 11 is 2.78. The number of benzene rings is 2. The van der Waals surface area contributed by atoms with Crippen LogP contribution in [0.3, 0.4) is 0 Å². The Kier molecular flexibility index (Phi) is 14.9. The van der Waals surface area contributed by atoms with Crippen molar-refractivity contribution in [2.24, 2.45) is 0 Å². The standard InChI is InChI=1S/2C17H16N2O2S.2C2H6.CH4/c1-9-6-11(3)14(7-10(9)2)19-17(21)12-8-18-13-4-5-22-16(13)15(12)20;1-9-6-11(3)14(7-10(9)2)19-16(21)13-8-18-17-12(15(13)20)4-5-22-17;2*1-2;/h2*4-8H,1-3H3,(H,18,20)(H,19,21);2*1-2H3;1H4. The number of aryl methyl sites for hydroxylation is 6. The molecule has 0 saturated heterocycles. The van der Waals surface area contributed by atoms with Gasteiger partial charge in [-0.2, -0.15) is 0 Å². The average molecular weight is 701 g/mol. The van der Waals surface area contributed by atoms with Crippen LogP contribution in [0.5, 0.6) is 0 Å². The molecule has 4 heterocycles. The summed E-state index contributed by atoms with van der Waals surface area (Å²) in [4.78, 5) is 56.3. The second kappa shape index (κ2) is 18.1. The summed E-state index contributed by atoms with van der Waals surface area (Å²) in [7, 11) is 0. The van der Waals surface area contributed by atoms with Crippen LogP contribution in [0.15, 0.2) is 69.1 Å². The summed E-state index contributed by atoms with van der Waals surface area (Å²) in [6.07, 6.45) is 2.95. The largest absolute Gasteiger partial charge is 0.359 e. The van der Waals surface area contributed by atoms with Crippen molar-refractivity contribution in [3.8, 4) is 0 Å². The van der Waals surface area contributed by atoms with Crippen LogP contribution in [-0.2, 0) is 0 Å². The van der Waals surface area contributed by atoms with Gasteiger partial charge >= 0.3 is 0 Å². The van der Waals surface area contributed by atoms with Crippen molar-refractivity contribution in [1.29, 1.82) is 0 Å². The van der Waals surface area contributed by atoms with E-state index in [-0.39, 0.29) is 41.2 Å². The first-order valence-corrected chi connectivity index (χ1v) is 17.7. The summed E-state index contributed by atoms with van der Waals surface area (Å²) < 4.78 is 0.574. The number of hydrogen-bond acceptors (Lipinski definition) is 6. The number of thiophene rings is 2. The minimum Gasteiger partial charge on any atom is -0.359 e. The number of carbonyl (C=O) groups is 2. The summed E-state index contributed by atoms with van der Waals surface area (Å²) in [6.45, 7) is 19.9. The number of anilines is 2. The smallest absolute Gasteiger partial charge is 0.261 e. The van der Waals surface area contributed by atoms with E-state index in [0.717, 1.165) is 44.0 Å². The van der Waals surface area contributed by atoms with Crippen molar-refractivity contribution >= 4 is 66.3 Å². The molecule has 0 atom stereocenters. The SMILES string of the molecule is C.CC.CC.Cc1cc(C)c(NC(=O)c2c[nH]c3ccsc3c2=O)cc1C.Cc1cc(C)c(NC(=O)c2c[nH]c3sccc3c2=O)cc1C. The van der Waals surface area contributed by atoms with Gasteiger partial charge < -0.3 is 20.6 Å². The molecule has 4 aromatic heterocycles. The van der Waals surface area contributed by atoms with Gasteiger partial charge in [-0.25, -0.2) is 0 Å². The molecule has 0 aliphatic heterocycles. The summed E-state index contributed by atoms with van der Waals surface area (Å²) in [5.74, 6) is -0.774. The molecule has 0 aliphatic carbocycles. The fraction of sp³-hybridized carbons (Fsp3) is 0.282. The molecule has 6 rings (SSSR count). The molecule has 6 aromatic rings. The van der Waals surface area contributed by atoms with Crippen molar-refractivity contribution in [2.75, 3.05) is 10.6 Å². The lowest BCUT2D eigenvalue weighted by molar-refractivity contribution is 0.101. The zero-order chi connectivity index (χ0) is 35.7. The van der Waals surface area contributed by atoms with Gasteiger partial charge in [-0.05, 0) is 110 Å². The first kappa shape index (κ1) is 40.4. The number of pyridine rings is 2. The van der Waals surface area contributed by atoms with Gasteiger partial charge in [-0.15, -0.1) is 22.7 Å². The molecule has 2 aromatic carbocycles. The number of rotatable bonds is 4. The highest BCUT2D eigenvalue weighted by molar-refractivity contribution is 7.17. The molecule has 0 bridgehead atoms. The number of aromatic nitrogens is 2. The van der Waals surface area contributed by atoms with Gasteiger partial charge in [-0.1, -0.05) is 47.3 Å². The van der Waals surface area contributed by atoms with Crippen LogP contribution in [0.1, 0.15) is 89.2 Å². The van der Waals surface area contributed by atoms with E-state index in [2.05, 4.69) is 20.6 Å². The molecule has 0 saturated carbocycles. The molecule has 4 N–H and O–H groups in total. The number of aromatic amines is 2. The van der Waals surface area contributed by atoms with Gasteiger partial charge in [0, 0.05) is 23.8 Å². The van der Waals surface area contributed by atoms with E-state index in [4.69, 9.17) is 0 Å². The van der Waals surface area contributed by atoms with Crippen molar-refractivity contribution in [3.05, 3.63) is 125 Å². The third-order valence-corrected chi connectivity index (χ3v) is 9.42. The molecule has 0 fully saturated rings. The Hall–Kier alpha value is -4.80. The lowest BCUT2D eigenvalue weighted by Gasteiger charge is -2.11. The summed E-state index contributed by atoms with van der Waals surface area (Å²) in [5.41, 5.74) is 8.51. The minimum atomic E-state index is -0.388. The summed E-state index contributed by atoms with van der Waals surface area (Å²) in [5, 5.41) is 9.89. The van der Waals surface area contributed by atoms with Crippen LogP contribution in [-0.4, -0.2) is 21.8 Å². The first-order valence-electron chi connectivity index (χ1n) is 15.9. The van der Waals surface area contributed by atoms with E-state index >= 15 is 0 Å². The van der Waals surface area contributed by atoms with Gasteiger partial charge in [0.1, 0.15) is 16.0 Å². The fourth-order valence-electron chi connectivity index (χ4n) is 4.79. The van der Waals surface area contributed by atoms with Gasteiger partial charge in [-0.3, -0.25) is 19.2 Å². The van der Waals surface area contributed by atoms with Crippen molar-refractivity contribution in [2.45, 2.75) is 76.7 Å². The van der Waals surface area contributed by atoms with Crippen molar-refractivity contribution in [3.63, 3.8) is 0 Å². The maximum Gasteiger partial charge on any atom is 0.261 e. The Labute approximate surface area is 296 Å². The van der Waals surface area contributed by atoms with E-state index in [1.165, 1.54) is 46.2 Å². The third kappa shape index (κ3) is 9.22. The second-order valence-electron chi connectivity index (χ2n) is 10.8. The monoisotopic (exact) mass is 700 g/mol. The predicted octanol–water partition coefficient (Wildman–Crippen LogP) is 10.2. The number of hydrogen-bond donors (Lipinski definition) is 4. The minimum absolute atomic E-state index is 0. The number of nitrogens with one attached hydrogen (secondary N) is 4. The number of carbonyl (C=O) groups excluding carboxylic acids is 2. The van der Waals surface area contributed by atoms with E-state index < -0.39 is 0 Å². The number of H-pyrrole nitrogens is 2. The maximum absolute atomic E-state index is 12.4. The Balaban J connectivity index is 0.000000303. The maximum atomic E-state index is 12.4. The molecule has 2 amide bonds. The van der Waals surface area contributed by atoms with Gasteiger partial charge in [0.15, 0.2) is 0 Å². The Morgan fingerprint density at radius 2 is 1.04 bits per heavy atom. The highest BCUT2D eigenvalue weighted by Crippen LogP contribution is 2.23. The first-order chi connectivity index (χ1) is 22.9. The van der Waals surface area contributed by atoms with Crippen LogP contribution in [0.4, 0.5) is 11.4 Å². The highest BCUT2D eigenvalue weighted by atomic mass is 32.1. The molecule has 10 heteroatoms. The van der Waals surface area contributed by atoms with Crippen LogP contribution in [0, 0.1) is 41.5 Å². The van der Waals surface area contributed by atoms with Crippen molar-refractivity contribution < 1.29 is 9.59 Å².